The maximum absolute atomic E-state index is 13.2. The van der Waals surface area contributed by atoms with E-state index in [0.29, 0.717) is 9.90 Å². The van der Waals surface area contributed by atoms with Gasteiger partial charge < -0.3 is 25.9 Å². The van der Waals surface area contributed by atoms with Gasteiger partial charge in [-0.3, -0.25) is 14.4 Å². The normalized spacial score (nSPS) is 22.6. The molecule has 2 aromatic heterocycles. The summed E-state index contributed by atoms with van der Waals surface area (Å²) in [6.07, 6.45) is 0. The molecule has 1 aromatic carbocycles. The van der Waals surface area contributed by atoms with E-state index in [0.717, 1.165) is 11.3 Å². The Morgan fingerprint density at radius 1 is 1.33 bits per heavy atom. The molecule has 17 heteroatoms. The average molecular weight is 610 g/mol. The van der Waals surface area contributed by atoms with Crippen molar-refractivity contribution in [2.75, 3.05) is 23.8 Å². The third-order valence-corrected chi connectivity index (χ3v) is 10.4. The van der Waals surface area contributed by atoms with E-state index in [-0.39, 0.29) is 41.2 Å². The Kier molecular flexibility index (Phi) is 8.01. The minimum Gasteiger partial charge on any atom is -0.481 e. The van der Waals surface area contributed by atoms with Crippen LogP contribution < -0.4 is 11.1 Å². The van der Waals surface area contributed by atoms with Gasteiger partial charge in [-0.2, -0.15) is 0 Å². The van der Waals surface area contributed by atoms with Gasteiger partial charge in [0.25, 0.3) is 5.91 Å². The molecule has 2 fully saturated rings. The largest absolute Gasteiger partial charge is 0.481 e. The zero-order valence-corrected chi connectivity index (χ0v) is 23.1. The van der Waals surface area contributed by atoms with Gasteiger partial charge in [0.05, 0.1) is 0 Å². The monoisotopic (exact) mass is 609 g/mol. The molecular weight excluding hydrogens is 590 g/mol. The Labute approximate surface area is 237 Å². The summed E-state index contributed by atoms with van der Waals surface area (Å²) in [6, 6.07) is 4.73. The van der Waals surface area contributed by atoms with Crippen LogP contribution >= 0.6 is 46.2 Å². The van der Waals surface area contributed by atoms with Crippen LogP contribution in [0.2, 0.25) is 0 Å². The number of carbonyl (C=O) groups excluding carboxylic acids is 2. The van der Waals surface area contributed by atoms with Crippen LogP contribution in [0.5, 0.6) is 0 Å². The van der Waals surface area contributed by atoms with Gasteiger partial charge in [-0.25, -0.2) is 9.37 Å². The number of nitrogens with two attached hydrogens (primary N) is 1. The van der Waals surface area contributed by atoms with Crippen LogP contribution in [0.1, 0.15) is 11.3 Å². The summed E-state index contributed by atoms with van der Waals surface area (Å²) in [6.45, 7) is -0.0149. The Hall–Kier alpha value is -3.28. The number of aliphatic carboxylic acids is 1. The van der Waals surface area contributed by atoms with Gasteiger partial charge in [0.1, 0.15) is 40.5 Å². The van der Waals surface area contributed by atoms with Crippen molar-refractivity contribution >= 4 is 74.8 Å². The highest BCUT2D eigenvalue weighted by Crippen LogP contribution is 2.44. The van der Waals surface area contributed by atoms with Crippen molar-refractivity contribution in [2.45, 2.75) is 22.4 Å². The summed E-state index contributed by atoms with van der Waals surface area (Å²) in [5.41, 5.74) is 6.76. The number of aromatic nitrogens is 3. The van der Waals surface area contributed by atoms with Crippen molar-refractivity contribution in [3.63, 3.8) is 0 Å². The van der Waals surface area contributed by atoms with E-state index in [2.05, 4.69) is 25.7 Å². The van der Waals surface area contributed by atoms with Crippen molar-refractivity contribution in [3.8, 4) is 0 Å². The van der Waals surface area contributed by atoms with Gasteiger partial charge in [0.2, 0.25) is 5.91 Å². The number of carboxylic acid groups (broad SMARTS) is 1. The van der Waals surface area contributed by atoms with Gasteiger partial charge in [0, 0.05) is 23.4 Å². The topological polar surface area (TPSA) is 173 Å². The second kappa shape index (κ2) is 11.4. The fraction of sp³-hybridized carbons (Fsp3) is 0.318. The molecule has 2 aliphatic rings. The first-order chi connectivity index (χ1) is 18.8. The molecule has 2 unspecified atom stereocenters. The molecule has 204 valence electrons. The number of halogens is 1. The van der Waals surface area contributed by atoms with Crippen LogP contribution in [-0.4, -0.2) is 78.1 Å². The molecule has 0 spiro atoms. The number of fused-ring (bicyclic) bond motifs is 1. The SMILES string of the molecule is Nc1nc(C(=NOCc2ccc(F)cc2)C(=O)NC2C(=O)N3CC(CSc4nncs4)(C(=O)O)CS[C@H]23)cs1. The Bertz CT molecular complexity index is 1400. The molecule has 0 aliphatic carbocycles. The first kappa shape index (κ1) is 27.3. The van der Waals surface area contributed by atoms with Gasteiger partial charge in [-0.15, -0.1) is 33.3 Å². The van der Waals surface area contributed by atoms with Crippen molar-refractivity contribution < 1.29 is 28.7 Å². The van der Waals surface area contributed by atoms with E-state index in [1.807, 2.05) is 0 Å². The molecule has 5 rings (SSSR count). The summed E-state index contributed by atoms with van der Waals surface area (Å²) in [5.74, 6) is -2.00. The number of benzene rings is 1. The second-order valence-corrected chi connectivity index (χ2v) is 12.7. The highest BCUT2D eigenvalue weighted by molar-refractivity contribution is 8.01. The fourth-order valence-electron chi connectivity index (χ4n) is 3.89. The van der Waals surface area contributed by atoms with Crippen LogP contribution in [0.4, 0.5) is 9.52 Å². The molecule has 12 nitrogen and oxygen atoms in total. The third-order valence-electron chi connectivity index (χ3n) is 5.98. The quantitative estimate of drug-likeness (QED) is 0.133. The number of carbonyl (C=O) groups is 3. The standard InChI is InChI=1S/C22H20FN7O5S4/c23-12-3-1-11(2-4-12)5-35-29-14(13-6-36-20(24)26-13)16(31)27-15-17(32)30-7-22(19(33)34,8-37-18(15)30)9-38-21-28-25-10-39-21/h1-4,6,10,15,18H,5,7-9H2,(H2,24,26)(H,27,31)(H,33,34)/t15?,18-,22?/m1/s1. The van der Waals surface area contributed by atoms with Crippen LogP contribution in [0, 0.1) is 11.2 Å². The second-order valence-electron chi connectivity index (χ2n) is 8.61. The highest BCUT2D eigenvalue weighted by Gasteiger charge is 2.57. The fourth-order valence-corrected chi connectivity index (χ4v) is 7.79. The van der Waals surface area contributed by atoms with E-state index < -0.39 is 40.4 Å². The van der Waals surface area contributed by atoms with Gasteiger partial charge in [-0.1, -0.05) is 40.4 Å². The number of thiazole rings is 1. The summed E-state index contributed by atoms with van der Waals surface area (Å²) >= 11 is 5.01. The summed E-state index contributed by atoms with van der Waals surface area (Å²) in [4.78, 5) is 49.3. The van der Waals surface area contributed by atoms with Crippen molar-refractivity contribution in [3.05, 3.63) is 52.2 Å². The zero-order valence-electron chi connectivity index (χ0n) is 19.9. The molecule has 2 saturated heterocycles. The van der Waals surface area contributed by atoms with E-state index in [9.17, 15) is 23.9 Å². The summed E-state index contributed by atoms with van der Waals surface area (Å²) in [5, 5.41) is 25.6. The lowest BCUT2D eigenvalue weighted by molar-refractivity contribution is -0.157. The molecule has 0 radical (unpaired) electrons. The number of nitrogens with one attached hydrogen (secondary N) is 1. The van der Waals surface area contributed by atoms with E-state index in [4.69, 9.17) is 10.6 Å². The van der Waals surface area contributed by atoms with Crippen molar-refractivity contribution in [1.29, 1.82) is 0 Å². The number of rotatable bonds is 10. The maximum Gasteiger partial charge on any atom is 0.313 e. The summed E-state index contributed by atoms with van der Waals surface area (Å²) in [7, 11) is 0. The van der Waals surface area contributed by atoms with Gasteiger partial charge >= 0.3 is 5.97 Å². The number of thioether (sulfide) groups is 2. The molecule has 4 heterocycles. The third kappa shape index (κ3) is 5.85. The molecule has 2 amide bonds. The predicted octanol–water partition coefficient (Wildman–Crippen LogP) is 1.90. The number of hydrogen-bond donors (Lipinski definition) is 3. The van der Waals surface area contributed by atoms with Crippen LogP contribution in [0.15, 0.2) is 44.7 Å². The molecule has 3 aromatic rings. The lowest BCUT2D eigenvalue weighted by atomic mass is 9.89. The molecule has 2 aliphatic heterocycles. The Morgan fingerprint density at radius 3 is 2.79 bits per heavy atom. The first-order valence-corrected chi connectivity index (χ1v) is 15.1. The van der Waals surface area contributed by atoms with Crippen molar-refractivity contribution in [1.82, 2.24) is 25.4 Å². The molecule has 39 heavy (non-hydrogen) atoms. The number of amides is 2. The zero-order chi connectivity index (χ0) is 27.6. The van der Waals surface area contributed by atoms with Gasteiger partial charge in [0.15, 0.2) is 15.2 Å². The number of hydrogen-bond acceptors (Lipinski definition) is 13. The smallest absolute Gasteiger partial charge is 0.313 e. The number of nitrogen functional groups attached to an aromatic ring is 1. The van der Waals surface area contributed by atoms with Gasteiger partial charge in [-0.05, 0) is 17.7 Å². The number of nitrogens with zero attached hydrogens (tertiary/aromatic N) is 5. The molecule has 0 saturated carbocycles. The summed E-state index contributed by atoms with van der Waals surface area (Å²) < 4.78 is 13.8. The van der Waals surface area contributed by atoms with E-state index >= 15 is 0 Å². The van der Waals surface area contributed by atoms with E-state index in [1.165, 1.54) is 69.4 Å². The minimum absolute atomic E-state index is 0.0152. The lowest BCUT2D eigenvalue weighted by Gasteiger charge is -2.53. The minimum atomic E-state index is -1.17. The first-order valence-electron chi connectivity index (χ1n) is 11.3. The Balaban J connectivity index is 1.25. The van der Waals surface area contributed by atoms with Crippen LogP contribution in [0.3, 0.4) is 0 Å². The Morgan fingerprint density at radius 2 is 2.13 bits per heavy atom. The number of anilines is 1. The molecular formula is C22H20FN7O5S4. The number of β-lactam (4-membered cyclic amide) rings is 1. The molecule has 3 atom stereocenters. The van der Waals surface area contributed by atoms with Crippen LogP contribution in [0.25, 0.3) is 0 Å². The van der Waals surface area contributed by atoms with E-state index in [1.54, 1.807) is 5.51 Å². The number of oxime groups is 1. The molecule has 0 bridgehead atoms. The number of carboxylic acids is 1. The highest BCUT2D eigenvalue weighted by atomic mass is 32.2. The van der Waals surface area contributed by atoms with Crippen molar-refractivity contribution in [2.24, 2.45) is 10.6 Å². The average Bonchev–Trinajstić information content (AvgIpc) is 3.61. The molecule has 4 N–H and O–H groups in total. The maximum atomic E-state index is 13.2. The lowest BCUT2D eigenvalue weighted by Crippen LogP contribution is -2.74. The predicted molar refractivity (Wildman–Crippen MR) is 145 cm³/mol. The van der Waals surface area contributed by atoms with Crippen LogP contribution in [-0.2, 0) is 25.8 Å².